The van der Waals surface area contributed by atoms with Crippen LogP contribution < -0.4 is 9.55 Å². The van der Waals surface area contributed by atoms with Crippen molar-refractivity contribution < 1.29 is 4.79 Å². The number of aryl methyl sites for hydroxylation is 5. The maximum atomic E-state index is 11.1. The molecule has 0 aromatic carbocycles. The van der Waals surface area contributed by atoms with Gasteiger partial charge in [-0.2, -0.15) is 22.7 Å². The van der Waals surface area contributed by atoms with Gasteiger partial charge in [0.15, 0.2) is 5.12 Å². The van der Waals surface area contributed by atoms with Crippen LogP contribution in [0.5, 0.6) is 0 Å². The number of thiophene rings is 3. The third-order valence-corrected chi connectivity index (χ3v) is 12.0. The zero-order valence-corrected chi connectivity index (χ0v) is 29.6. The number of unbranched alkanes of at least 4 members (excludes halogenated alkanes) is 9. The van der Waals surface area contributed by atoms with E-state index in [1.54, 1.807) is 28.5 Å². The molecule has 0 bridgehead atoms. The average Bonchev–Trinajstić information content (AvgIpc) is 3.60. The number of rotatable bonds is 21. The molecular formula is C35H52BOS4. The normalized spacial score (nSPS) is 11.4. The van der Waals surface area contributed by atoms with Gasteiger partial charge in [-0.3, -0.25) is 4.79 Å². The van der Waals surface area contributed by atoms with Gasteiger partial charge in [0.05, 0.1) is 0 Å². The molecule has 3 rings (SSSR count). The zero-order valence-electron chi connectivity index (χ0n) is 26.4. The molecule has 0 amide bonds. The fraction of sp³-hybridized carbons (Fsp3) is 0.629. The van der Waals surface area contributed by atoms with Crippen LogP contribution in [0.2, 0.25) is 0 Å². The SMILES string of the molecule is CCCCCCc1cc(C)sc1[B]c1cc(CCCCCC)c(Cc2cc(CCCCCCSC(C)=O)c(C)s2)s1. The quantitative estimate of drug-likeness (QED) is 0.0864. The fourth-order valence-corrected chi connectivity index (χ4v) is 9.62. The lowest BCUT2D eigenvalue weighted by molar-refractivity contribution is -0.109. The first-order valence-electron chi connectivity index (χ1n) is 16.2. The van der Waals surface area contributed by atoms with E-state index in [0.717, 1.165) is 18.6 Å². The lowest BCUT2D eigenvalue weighted by Crippen LogP contribution is -2.24. The summed E-state index contributed by atoms with van der Waals surface area (Å²) in [6.45, 7) is 10.8. The average molecular weight is 628 g/mol. The van der Waals surface area contributed by atoms with E-state index < -0.39 is 0 Å². The molecule has 3 aromatic heterocycles. The molecule has 0 saturated heterocycles. The van der Waals surface area contributed by atoms with Gasteiger partial charge in [-0.1, -0.05) is 83.0 Å². The van der Waals surface area contributed by atoms with Crippen LogP contribution in [0, 0.1) is 13.8 Å². The molecule has 0 aliphatic heterocycles. The van der Waals surface area contributed by atoms with Crippen LogP contribution in [0.4, 0.5) is 0 Å². The van der Waals surface area contributed by atoms with Crippen molar-refractivity contribution in [3.05, 3.63) is 54.4 Å². The Kier molecular flexibility index (Phi) is 16.5. The van der Waals surface area contributed by atoms with E-state index in [1.165, 1.54) is 126 Å². The van der Waals surface area contributed by atoms with E-state index in [-0.39, 0.29) is 5.12 Å². The summed E-state index contributed by atoms with van der Waals surface area (Å²) in [5.74, 6) is 0.977. The van der Waals surface area contributed by atoms with Gasteiger partial charge in [-0.15, -0.1) is 11.3 Å². The molecule has 1 nitrogen and oxygen atoms in total. The molecule has 3 heterocycles. The maximum absolute atomic E-state index is 11.1. The Morgan fingerprint density at radius 3 is 2.05 bits per heavy atom. The van der Waals surface area contributed by atoms with Gasteiger partial charge < -0.3 is 0 Å². The number of thioether (sulfide) groups is 1. The number of carbonyl (C=O) groups is 1. The molecule has 0 atom stereocenters. The second-order valence-corrected chi connectivity index (χ2v) is 16.7. The van der Waals surface area contributed by atoms with Crippen molar-refractivity contribution in [2.75, 3.05) is 5.75 Å². The van der Waals surface area contributed by atoms with E-state index >= 15 is 0 Å². The summed E-state index contributed by atoms with van der Waals surface area (Å²) in [7, 11) is 2.50. The van der Waals surface area contributed by atoms with Crippen molar-refractivity contribution in [3.63, 3.8) is 0 Å². The second-order valence-electron chi connectivity index (χ2n) is 11.6. The highest BCUT2D eigenvalue weighted by Gasteiger charge is 2.16. The highest BCUT2D eigenvalue weighted by Crippen LogP contribution is 2.29. The molecule has 0 saturated carbocycles. The predicted molar refractivity (Wildman–Crippen MR) is 191 cm³/mol. The van der Waals surface area contributed by atoms with Crippen LogP contribution in [0.1, 0.15) is 134 Å². The van der Waals surface area contributed by atoms with Crippen molar-refractivity contribution in [1.29, 1.82) is 0 Å². The van der Waals surface area contributed by atoms with Crippen molar-refractivity contribution in [2.45, 2.75) is 137 Å². The summed E-state index contributed by atoms with van der Waals surface area (Å²) in [6, 6.07) is 7.46. The largest absolute Gasteiger partial charge is 0.288 e. The van der Waals surface area contributed by atoms with E-state index in [9.17, 15) is 4.79 Å². The molecule has 1 radical (unpaired) electrons. The molecule has 0 spiro atoms. The van der Waals surface area contributed by atoms with E-state index in [2.05, 4.69) is 53.2 Å². The first-order chi connectivity index (χ1) is 19.9. The minimum absolute atomic E-state index is 0.246. The Morgan fingerprint density at radius 2 is 1.37 bits per heavy atom. The smallest absolute Gasteiger partial charge is 0.219 e. The zero-order chi connectivity index (χ0) is 29.5. The highest BCUT2D eigenvalue weighted by atomic mass is 32.2. The van der Waals surface area contributed by atoms with Crippen molar-refractivity contribution in [3.8, 4) is 0 Å². The topological polar surface area (TPSA) is 17.1 Å². The van der Waals surface area contributed by atoms with Crippen molar-refractivity contribution >= 4 is 67.7 Å². The van der Waals surface area contributed by atoms with Gasteiger partial charge in [0.1, 0.15) is 0 Å². The summed E-state index contributed by atoms with van der Waals surface area (Å²) in [6.07, 6.45) is 20.2. The first-order valence-corrected chi connectivity index (χ1v) is 19.6. The number of carbonyl (C=O) groups excluding carboxylic acids is 1. The molecule has 0 unspecified atom stereocenters. The monoisotopic (exact) mass is 627 g/mol. The second kappa shape index (κ2) is 19.5. The molecule has 0 fully saturated rings. The van der Waals surface area contributed by atoms with Crippen LogP contribution in [0.15, 0.2) is 18.2 Å². The first kappa shape index (κ1) is 34.7. The maximum Gasteiger partial charge on any atom is 0.219 e. The lowest BCUT2D eigenvalue weighted by Gasteiger charge is -2.03. The molecular weight excluding hydrogens is 575 g/mol. The molecule has 225 valence electrons. The molecule has 3 aromatic rings. The Balaban J connectivity index is 1.64. The van der Waals surface area contributed by atoms with Crippen molar-refractivity contribution in [2.24, 2.45) is 0 Å². The van der Waals surface area contributed by atoms with Crippen LogP contribution >= 0.6 is 45.8 Å². The Morgan fingerprint density at radius 1 is 0.732 bits per heavy atom. The predicted octanol–water partition coefficient (Wildman–Crippen LogP) is 10.4. The van der Waals surface area contributed by atoms with Gasteiger partial charge in [-0.05, 0) is 97.2 Å². The van der Waals surface area contributed by atoms with Gasteiger partial charge in [0, 0.05) is 38.6 Å². The van der Waals surface area contributed by atoms with Gasteiger partial charge in [0.25, 0.3) is 0 Å². The third-order valence-electron chi connectivity index (χ3n) is 7.81. The minimum Gasteiger partial charge on any atom is -0.288 e. The molecule has 0 aliphatic rings. The van der Waals surface area contributed by atoms with Crippen LogP contribution in [-0.4, -0.2) is 18.1 Å². The number of hydrogen-bond acceptors (Lipinski definition) is 5. The minimum atomic E-state index is 0.246. The molecule has 0 N–H and O–H groups in total. The summed E-state index contributed by atoms with van der Waals surface area (Å²) >= 11 is 7.50. The summed E-state index contributed by atoms with van der Waals surface area (Å²) in [5, 5.41) is 0.246. The van der Waals surface area contributed by atoms with E-state index in [4.69, 9.17) is 0 Å². The lowest BCUT2D eigenvalue weighted by atomic mass is 9.72. The Bertz CT molecular complexity index is 1170. The molecule has 6 heteroatoms. The van der Waals surface area contributed by atoms with Crippen LogP contribution in [0.3, 0.4) is 0 Å². The summed E-state index contributed by atoms with van der Waals surface area (Å²) in [4.78, 5) is 17.2. The van der Waals surface area contributed by atoms with E-state index in [0.29, 0.717) is 0 Å². The standard InChI is InChI=1S/C35H52BOS4/c1-6-8-10-14-19-30-24-34(36-35-31(22-26(3)39-35)20-15-11-9-7-2)41-33(30)25-32-23-29(27(4)40-32)18-16-12-13-17-21-38-28(5)37/h22-24H,6-21,25H2,1-5H3. The molecule has 0 aliphatic carbocycles. The molecule has 41 heavy (non-hydrogen) atoms. The number of hydrogen-bond donors (Lipinski definition) is 0. The van der Waals surface area contributed by atoms with Gasteiger partial charge in [0.2, 0.25) is 7.28 Å². The van der Waals surface area contributed by atoms with Gasteiger partial charge in [-0.25, -0.2) is 0 Å². The van der Waals surface area contributed by atoms with Gasteiger partial charge >= 0.3 is 0 Å². The third kappa shape index (κ3) is 12.8. The Hall–Kier alpha value is -0.815. The Labute approximate surface area is 268 Å². The summed E-state index contributed by atoms with van der Waals surface area (Å²) in [5.41, 5.74) is 4.70. The summed E-state index contributed by atoms with van der Waals surface area (Å²) < 4.78 is 2.93. The fourth-order valence-electron chi connectivity index (χ4n) is 5.51. The highest BCUT2D eigenvalue weighted by molar-refractivity contribution is 8.13. The van der Waals surface area contributed by atoms with Crippen LogP contribution in [0.25, 0.3) is 0 Å². The van der Waals surface area contributed by atoms with Crippen molar-refractivity contribution in [1.82, 2.24) is 0 Å². The van der Waals surface area contributed by atoms with Crippen LogP contribution in [-0.2, 0) is 30.5 Å². The van der Waals surface area contributed by atoms with E-state index in [1.807, 2.05) is 34.0 Å².